The van der Waals surface area contributed by atoms with Gasteiger partial charge in [-0.2, -0.15) is 0 Å². The predicted molar refractivity (Wildman–Crippen MR) is 172 cm³/mol. The summed E-state index contributed by atoms with van der Waals surface area (Å²) in [7, 11) is 3.69. The summed E-state index contributed by atoms with van der Waals surface area (Å²) < 4.78 is 31.0. The van der Waals surface area contributed by atoms with Crippen molar-refractivity contribution in [3.63, 3.8) is 0 Å². The molecule has 2 N–H and O–H groups in total. The number of nitrogens with zero attached hydrogens (tertiary/aromatic N) is 2. The van der Waals surface area contributed by atoms with E-state index in [9.17, 15) is 29.4 Å². The lowest BCUT2D eigenvalue weighted by molar-refractivity contribution is -0.296. The van der Waals surface area contributed by atoms with Crippen LogP contribution in [-0.4, -0.2) is 126 Å². The first kappa shape index (κ1) is 39.3. The minimum absolute atomic E-state index is 0.111. The average Bonchev–Trinajstić information content (AvgIpc) is 3.00. The number of esters is 1. The van der Waals surface area contributed by atoms with Crippen LogP contribution in [0.25, 0.3) is 0 Å². The fraction of sp³-hybridized carbons (Fsp3) is 0.853. The Labute approximate surface area is 278 Å². The van der Waals surface area contributed by atoms with Gasteiger partial charge >= 0.3 is 5.97 Å². The van der Waals surface area contributed by atoms with Crippen LogP contribution in [0.4, 0.5) is 0 Å². The highest BCUT2D eigenvalue weighted by Gasteiger charge is 2.53. The molecule has 3 saturated heterocycles. The summed E-state index contributed by atoms with van der Waals surface area (Å²) in [5.74, 6) is -5.80. The lowest BCUT2D eigenvalue weighted by Gasteiger charge is -2.47. The van der Waals surface area contributed by atoms with Crippen molar-refractivity contribution in [2.45, 2.75) is 136 Å². The molecule has 0 aliphatic carbocycles. The molecular formula is C34H56N2O11. The lowest BCUT2D eigenvalue weighted by atomic mass is 9.73. The van der Waals surface area contributed by atoms with Crippen molar-refractivity contribution in [3.8, 4) is 0 Å². The van der Waals surface area contributed by atoms with Crippen LogP contribution in [0.2, 0.25) is 0 Å². The molecule has 1 amide bonds. The Bertz CT molecular complexity index is 1190. The summed E-state index contributed by atoms with van der Waals surface area (Å²) in [5.41, 5.74) is -2.88. The van der Waals surface area contributed by atoms with E-state index in [-0.39, 0.29) is 25.0 Å². The number of rotatable bonds is 4. The fourth-order valence-corrected chi connectivity index (χ4v) is 7.55. The van der Waals surface area contributed by atoms with E-state index < -0.39 is 102 Å². The Balaban J connectivity index is 2.29. The third-order valence-corrected chi connectivity index (χ3v) is 10.1. The van der Waals surface area contributed by atoms with Gasteiger partial charge in [-0.1, -0.05) is 27.7 Å². The van der Waals surface area contributed by atoms with E-state index >= 15 is 0 Å². The number of Topliss-reactive ketones (excluding diaryl/α,β-unsaturated/α-hetero) is 2. The zero-order valence-corrected chi connectivity index (χ0v) is 29.8. The molecule has 2 bridgehead atoms. The van der Waals surface area contributed by atoms with Crippen molar-refractivity contribution >= 4 is 29.2 Å². The molecule has 3 fully saturated rings. The summed E-state index contributed by atoms with van der Waals surface area (Å²) in [6.45, 7) is 13.8. The maximum absolute atomic E-state index is 14.1. The number of carbonyl (C=O) groups is 4. The molecule has 3 rings (SSSR count). The number of carbonyl (C=O) groups excluding carboxylic acids is 4. The number of aliphatic imine (C=N–C) groups is 1. The Morgan fingerprint density at radius 2 is 1.70 bits per heavy atom. The summed E-state index contributed by atoms with van der Waals surface area (Å²) in [6, 6.07) is -0.313. The Morgan fingerprint density at radius 1 is 1.06 bits per heavy atom. The fourth-order valence-electron chi connectivity index (χ4n) is 7.55. The maximum atomic E-state index is 14.1. The molecule has 47 heavy (non-hydrogen) atoms. The van der Waals surface area contributed by atoms with Crippen LogP contribution in [0.15, 0.2) is 4.99 Å². The molecule has 0 spiro atoms. The normalized spacial score (nSPS) is 44.0. The van der Waals surface area contributed by atoms with Gasteiger partial charge in [-0.15, -0.1) is 0 Å². The average molecular weight is 669 g/mol. The number of amides is 1. The Kier molecular flexibility index (Phi) is 13.1. The number of ketones is 2. The third-order valence-electron chi connectivity index (χ3n) is 10.1. The van der Waals surface area contributed by atoms with E-state index in [4.69, 9.17) is 23.7 Å². The van der Waals surface area contributed by atoms with Crippen molar-refractivity contribution in [3.05, 3.63) is 0 Å². The zero-order chi connectivity index (χ0) is 35.6. The first-order valence-corrected chi connectivity index (χ1v) is 16.7. The highest BCUT2D eigenvalue weighted by molar-refractivity contribution is 6.00. The van der Waals surface area contributed by atoms with Crippen LogP contribution < -0.4 is 0 Å². The maximum Gasteiger partial charge on any atom is 0.316 e. The van der Waals surface area contributed by atoms with Crippen LogP contribution in [0, 0.1) is 23.7 Å². The molecule has 13 heteroatoms. The van der Waals surface area contributed by atoms with Crippen LogP contribution in [0.3, 0.4) is 0 Å². The zero-order valence-electron chi connectivity index (χ0n) is 29.8. The summed E-state index contributed by atoms with van der Waals surface area (Å²) in [6.07, 6.45) is -5.15. The monoisotopic (exact) mass is 668 g/mol. The molecule has 3 aliphatic rings. The summed E-state index contributed by atoms with van der Waals surface area (Å²) in [5, 5.41) is 23.4. The molecule has 3 heterocycles. The molecule has 0 aromatic rings. The molecule has 0 saturated carbocycles. The Hall–Kier alpha value is -2.13. The molecule has 0 aromatic heterocycles. The first-order valence-electron chi connectivity index (χ1n) is 16.7. The molecule has 268 valence electrons. The van der Waals surface area contributed by atoms with E-state index in [1.54, 1.807) is 27.7 Å². The van der Waals surface area contributed by atoms with Gasteiger partial charge in [-0.3, -0.25) is 19.2 Å². The quantitative estimate of drug-likeness (QED) is 0.331. The number of aliphatic hydroxyl groups is 2. The van der Waals surface area contributed by atoms with Crippen LogP contribution in [0.1, 0.15) is 81.6 Å². The van der Waals surface area contributed by atoms with E-state index in [1.165, 1.54) is 20.8 Å². The second-order valence-corrected chi connectivity index (χ2v) is 14.4. The van der Waals surface area contributed by atoms with Gasteiger partial charge in [0.25, 0.3) is 0 Å². The van der Waals surface area contributed by atoms with E-state index in [1.807, 2.05) is 32.8 Å². The van der Waals surface area contributed by atoms with Crippen molar-refractivity contribution in [1.29, 1.82) is 0 Å². The number of fused-ring (bicyclic) bond motifs is 5. The molecule has 3 aliphatic heterocycles. The van der Waals surface area contributed by atoms with Crippen molar-refractivity contribution in [2.75, 3.05) is 27.3 Å². The van der Waals surface area contributed by atoms with Crippen molar-refractivity contribution in [2.24, 2.45) is 28.7 Å². The number of aliphatic hydroxyl groups excluding tert-OH is 1. The standard InChI is InChI=1S/C34H56N2O11/c1-12-25-34(9,42)30-19(4)26(35-22(7)37)17(2)14-33(8,44-16-23(38)15-43-30)29(20(5)27(39)21(6)31(41)46-25)47-32-28(40)24(36(10)11)13-18(3)45-32/h17-21,24-25,28-30,32,40,42H,12-16H2,1-11H3/t17-,18-,19+,20+,21-,24+,25-,28-,29-,30-,32+,33-,34-/m1/s1. The topological polar surface area (TPSA) is 170 Å². The van der Waals surface area contributed by atoms with Gasteiger partial charge in [0, 0.05) is 30.5 Å². The highest BCUT2D eigenvalue weighted by atomic mass is 16.7. The minimum atomic E-state index is -1.85. The smallest absolute Gasteiger partial charge is 0.316 e. The first-order chi connectivity index (χ1) is 21.7. The van der Waals surface area contributed by atoms with E-state index in [2.05, 4.69) is 4.99 Å². The van der Waals surface area contributed by atoms with Crippen LogP contribution in [-0.2, 0) is 42.9 Å². The molecule has 0 radical (unpaired) electrons. The minimum Gasteiger partial charge on any atom is -0.459 e. The largest absolute Gasteiger partial charge is 0.459 e. The van der Waals surface area contributed by atoms with E-state index in [0.717, 1.165) is 0 Å². The van der Waals surface area contributed by atoms with Gasteiger partial charge in [0.2, 0.25) is 5.91 Å². The van der Waals surface area contributed by atoms with Crippen LogP contribution >= 0.6 is 0 Å². The van der Waals surface area contributed by atoms with Gasteiger partial charge in [-0.25, -0.2) is 4.99 Å². The lowest BCUT2D eigenvalue weighted by Crippen LogP contribution is -2.60. The highest BCUT2D eigenvalue weighted by Crippen LogP contribution is 2.40. The number of hydrogen-bond acceptors (Lipinski definition) is 12. The molecular weight excluding hydrogens is 612 g/mol. The van der Waals surface area contributed by atoms with Crippen LogP contribution in [0.5, 0.6) is 0 Å². The second kappa shape index (κ2) is 15.6. The van der Waals surface area contributed by atoms with Crippen molar-refractivity contribution < 1.29 is 53.1 Å². The molecule has 13 atom stereocenters. The summed E-state index contributed by atoms with van der Waals surface area (Å²) >= 11 is 0. The van der Waals surface area contributed by atoms with Gasteiger partial charge < -0.3 is 38.8 Å². The number of cyclic esters (lactones) is 1. The Morgan fingerprint density at radius 3 is 2.28 bits per heavy atom. The molecule has 13 nitrogen and oxygen atoms in total. The van der Waals surface area contributed by atoms with E-state index in [0.29, 0.717) is 12.1 Å². The number of hydrogen-bond donors (Lipinski definition) is 2. The second-order valence-electron chi connectivity index (χ2n) is 14.4. The van der Waals surface area contributed by atoms with Gasteiger partial charge in [0.15, 0.2) is 17.9 Å². The number of likely N-dealkylation sites (N-methyl/N-ethyl adjacent to an activating group) is 1. The SMILES string of the molecule is CC[C@H]1OC(=O)[C@H](C)C(=O)[C@H](C)[C@@H](O[C@@H]2O[C@H](C)C[C@H](N(C)C)[C@H]2O)[C@@]2(C)C[C@@H](C)C(=NC(C)=O)[C@H](C)[C@@H](OCC(=O)CO2)[C@]1(C)O. The predicted octanol–water partition coefficient (Wildman–Crippen LogP) is 2.12. The van der Waals surface area contributed by atoms with Gasteiger partial charge in [0.05, 0.1) is 23.9 Å². The van der Waals surface area contributed by atoms with Gasteiger partial charge in [0.1, 0.15) is 36.9 Å². The molecule has 0 unspecified atom stereocenters. The van der Waals surface area contributed by atoms with Crippen molar-refractivity contribution in [1.82, 2.24) is 4.90 Å². The third kappa shape index (κ3) is 8.73. The number of ether oxygens (including phenoxy) is 5. The summed E-state index contributed by atoms with van der Waals surface area (Å²) in [4.78, 5) is 59.7. The van der Waals surface area contributed by atoms with Gasteiger partial charge in [-0.05, 0) is 67.0 Å². The molecule has 0 aromatic carbocycles.